The molecular weight excluding hydrogens is 268 g/mol. The zero-order chi connectivity index (χ0) is 14.9. The number of carbonyl (C=O) groups excluding carboxylic acids is 2. The van der Waals surface area contributed by atoms with E-state index in [1.165, 1.54) is 7.11 Å². The number of amides is 2. The molecule has 2 fully saturated rings. The van der Waals surface area contributed by atoms with Gasteiger partial charge in [-0.2, -0.15) is 0 Å². The van der Waals surface area contributed by atoms with Crippen LogP contribution in [0.2, 0.25) is 0 Å². The second kappa shape index (κ2) is 5.48. The summed E-state index contributed by atoms with van der Waals surface area (Å²) >= 11 is 0. The highest BCUT2D eigenvalue weighted by atomic mass is 16.5. The summed E-state index contributed by atoms with van der Waals surface area (Å²) in [6.45, 7) is 2.19. The first-order valence-corrected chi connectivity index (χ1v) is 7.30. The minimum atomic E-state index is -0.250. The molecule has 5 nitrogen and oxygen atoms in total. The zero-order valence-corrected chi connectivity index (χ0v) is 12.2. The van der Waals surface area contributed by atoms with E-state index in [0.29, 0.717) is 13.1 Å². The van der Waals surface area contributed by atoms with E-state index in [1.54, 1.807) is 4.90 Å². The molecule has 2 aliphatic heterocycles. The van der Waals surface area contributed by atoms with E-state index < -0.39 is 0 Å². The lowest BCUT2D eigenvalue weighted by Gasteiger charge is -2.52. The fourth-order valence-corrected chi connectivity index (χ4v) is 3.22. The Hall–Kier alpha value is -1.88. The van der Waals surface area contributed by atoms with E-state index in [1.807, 2.05) is 35.2 Å². The van der Waals surface area contributed by atoms with Crippen LogP contribution in [0.3, 0.4) is 0 Å². The van der Waals surface area contributed by atoms with Crippen molar-refractivity contribution in [2.75, 3.05) is 38.3 Å². The number of para-hydroxylation sites is 1. The number of hydrogen-bond acceptors (Lipinski definition) is 3. The average molecular weight is 288 g/mol. The highest BCUT2D eigenvalue weighted by molar-refractivity contribution is 6.04. The van der Waals surface area contributed by atoms with Crippen LogP contribution >= 0.6 is 0 Å². The summed E-state index contributed by atoms with van der Waals surface area (Å²) < 4.78 is 4.88. The van der Waals surface area contributed by atoms with Gasteiger partial charge in [-0.05, 0) is 25.0 Å². The molecule has 2 aliphatic rings. The van der Waals surface area contributed by atoms with Gasteiger partial charge in [0.1, 0.15) is 6.61 Å². The molecule has 0 N–H and O–H groups in total. The van der Waals surface area contributed by atoms with Gasteiger partial charge in [0, 0.05) is 32.4 Å². The Kier molecular flexibility index (Phi) is 3.68. The van der Waals surface area contributed by atoms with Crippen LogP contribution in [0, 0.1) is 5.41 Å². The van der Waals surface area contributed by atoms with Crippen LogP contribution < -0.4 is 4.90 Å². The van der Waals surface area contributed by atoms with Crippen molar-refractivity contribution >= 4 is 17.5 Å². The Morgan fingerprint density at radius 3 is 2.48 bits per heavy atom. The molecule has 1 spiro atoms. The number of benzene rings is 1. The minimum absolute atomic E-state index is 0.0130. The fourth-order valence-electron chi connectivity index (χ4n) is 3.22. The molecule has 3 rings (SSSR count). The summed E-state index contributed by atoms with van der Waals surface area (Å²) in [5.74, 6) is 0.214. The number of hydrogen-bond donors (Lipinski definition) is 0. The van der Waals surface area contributed by atoms with E-state index in [4.69, 9.17) is 4.74 Å². The number of carbonyl (C=O) groups is 2. The van der Waals surface area contributed by atoms with Crippen molar-refractivity contribution in [3.8, 4) is 0 Å². The lowest BCUT2D eigenvalue weighted by molar-refractivity contribution is -0.145. The lowest BCUT2D eigenvalue weighted by atomic mass is 9.71. The van der Waals surface area contributed by atoms with Gasteiger partial charge in [0.25, 0.3) is 0 Å². The molecule has 0 aromatic heterocycles. The van der Waals surface area contributed by atoms with Crippen LogP contribution in [0.25, 0.3) is 0 Å². The maximum absolute atomic E-state index is 12.5. The van der Waals surface area contributed by atoms with Crippen molar-refractivity contribution in [3.05, 3.63) is 30.3 Å². The second-order valence-corrected chi connectivity index (χ2v) is 5.82. The summed E-state index contributed by atoms with van der Waals surface area (Å²) in [4.78, 5) is 28.0. The third-order valence-corrected chi connectivity index (χ3v) is 4.57. The van der Waals surface area contributed by atoms with Crippen LogP contribution in [-0.2, 0) is 14.3 Å². The fraction of sp³-hybridized carbons (Fsp3) is 0.500. The maximum atomic E-state index is 12.5. The first-order valence-electron chi connectivity index (χ1n) is 7.30. The van der Waals surface area contributed by atoms with Crippen LogP contribution in [0.4, 0.5) is 5.69 Å². The van der Waals surface area contributed by atoms with Gasteiger partial charge in [-0.15, -0.1) is 0 Å². The molecule has 0 atom stereocenters. The number of anilines is 1. The van der Waals surface area contributed by atoms with Gasteiger partial charge in [-0.1, -0.05) is 18.2 Å². The van der Waals surface area contributed by atoms with Crippen molar-refractivity contribution < 1.29 is 14.3 Å². The molecule has 1 aromatic rings. The number of likely N-dealkylation sites (tertiary alicyclic amines) is 1. The molecule has 0 unspecified atom stereocenters. The molecule has 21 heavy (non-hydrogen) atoms. The molecule has 2 saturated heterocycles. The van der Waals surface area contributed by atoms with E-state index in [0.717, 1.165) is 25.1 Å². The third kappa shape index (κ3) is 2.42. The molecule has 0 aliphatic carbocycles. The Balaban J connectivity index is 1.60. The summed E-state index contributed by atoms with van der Waals surface area (Å²) in [6, 6.07) is 9.76. The van der Waals surface area contributed by atoms with E-state index in [2.05, 4.69) is 0 Å². The summed E-state index contributed by atoms with van der Waals surface area (Å²) in [7, 11) is 1.52. The van der Waals surface area contributed by atoms with Gasteiger partial charge in [-0.25, -0.2) is 0 Å². The Morgan fingerprint density at radius 1 is 1.24 bits per heavy atom. The summed E-state index contributed by atoms with van der Waals surface area (Å²) in [6.07, 6.45) is 1.51. The lowest BCUT2D eigenvalue weighted by Crippen LogP contribution is -2.65. The van der Waals surface area contributed by atoms with Crippen molar-refractivity contribution in [1.82, 2.24) is 4.90 Å². The van der Waals surface area contributed by atoms with E-state index >= 15 is 0 Å². The Bertz CT molecular complexity index is 536. The second-order valence-electron chi connectivity index (χ2n) is 5.82. The van der Waals surface area contributed by atoms with Crippen molar-refractivity contribution in [2.45, 2.75) is 12.8 Å². The normalized spacial score (nSPS) is 20.5. The van der Waals surface area contributed by atoms with Gasteiger partial charge in [0.05, 0.1) is 5.41 Å². The number of methoxy groups -OCH3 is 1. The molecule has 2 heterocycles. The minimum Gasteiger partial charge on any atom is -0.375 e. The first kappa shape index (κ1) is 14.1. The SMILES string of the molecule is COCC(=O)N1CCC2(CC1)CN(c1ccccc1)C2=O. The topological polar surface area (TPSA) is 49.9 Å². The molecule has 2 amide bonds. The Labute approximate surface area is 124 Å². The molecular formula is C16H20N2O3. The number of piperidine rings is 1. The van der Waals surface area contributed by atoms with E-state index in [-0.39, 0.29) is 23.8 Å². The van der Waals surface area contributed by atoms with E-state index in [9.17, 15) is 9.59 Å². The van der Waals surface area contributed by atoms with Crippen molar-refractivity contribution in [3.63, 3.8) is 0 Å². The largest absolute Gasteiger partial charge is 0.375 e. The predicted octanol–water partition coefficient (Wildman–Crippen LogP) is 1.29. The highest BCUT2D eigenvalue weighted by Crippen LogP contribution is 2.43. The highest BCUT2D eigenvalue weighted by Gasteiger charge is 2.53. The molecule has 0 saturated carbocycles. The summed E-state index contributed by atoms with van der Waals surface area (Å²) in [5.41, 5.74) is 0.714. The van der Waals surface area contributed by atoms with Crippen molar-refractivity contribution in [2.24, 2.45) is 5.41 Å². The smallest absolute Gasteiger partial charge is 0.248 e. The van der Waals surface area contributed by atoms with Gasteiger partial charge in [0.2, 0.25) is 11.8 Å². The van der Waals surface area contributed by atoms with Gasteiger partial charge in [0.15, 0.2) is 0 Å². The molecule has 0 bridgehead atoms. The number of rotatable bonds is 3. The maximum Gasteiger partial charge on any atom is 0.248 e. The summed E-state index contributed by atoms with van der Waals surface area (Å²) in [5, 5.41) is 0. The van der Waals surface area contributed by atoms with Crippen molar-refractivity contribution in [1.29, 1.82) is 0 Å². The average Bonchev–Trinajstić information content (AvgIpc) is 2.54. The van der Waals surface area contributed by atoms with Gasteiger partial charge in [-0.3, -0.25) is 9.59 Å². The predicted molar refractivity (Wildman–Crippen MR) is 78.9 cm³/mol. The number of nitrogens with zero attached hydrogens (tertiary/aromatic N) is 2. The van der Waals surface area contributed by atoms with Crippen LogP contribution in [0.5, 0.6) is 0 Å². The number of ether oxygens (including phenoxy) is 1. The zero-order valence-electron chi connectivity index (χ0n) is 12.2. The molecule has 5 heteroatoms. The van der Waals surface area contributed by atoms with Crippen LogP contribution in [-0.4, -0.2) is 50.1 Å². The molecule has 1 aromatic carbocycles. The molecule has 0 radical (unpaired) electrons. The van der Waals surface area contributed by atoms with Gasteiger partial charge >= 0.3 is 0 Å². The van der Waals surface area contributed by atoms with Gasteiger partial charge < -0.3 is 14.5 Å². The quantitative estimate of drug-likeness (QED) is 0.788. The Morgan fingerprint density at radius 2 is 1.90 bits per heavy atom. The number of β-lactam (4-membered cyclic amide) rings is 1. The molecule has 112 valence electrons. The monoisotopic (exact) mass is 288 g/mol. The third-order valence-electron chi connectivity index (χ3n) is 4.57. The van der Waals surface area contributed by atoms with Crippen LogP contribution in [0.15, 0.2) is 30.3 Å². The first-order chi connectivity index (χ1) is 10.2. The standard InChI is InChI=1S/C16H20N2O3/c1-21-11-14(19)17-9-7-16(8-10-17)12-18(15(16)20)13-5-3-2-4-6-13/h2-6H,7-12H2,1H3. The van der Waals surface area contributed by atoms with Crippen LogP contribution in [0.1, 0.15) is 12.8 Å².